The fourth-order valence-electron chi connectivity index (χ4n) is 1.59. The second kappa shape index (κ2) is 5.81. The maximum atomic E-state index is 10.8. The Morgan fingerprint density at radius 1 is 1.47 bits per heavy atom. The standard InChI is InChI=1S/C13H14N2O3S/c1-18-9-4-2-8(3-5-9)6-11-15-10(7-19-11)12(14)13(16)17/h2-5,7,12H,6,14H2,1H3,(H,16,17). The van der Waals surface area contributed by atoms with Gasteiger partial charge in [0, 0.05) is 11.8 Å². The topological polar surface area (TPSA) is 85.4 Å². The zero-order valence-electron chi connectivity index (χ0n) is 10.4. The summed E-state index contributed by atoms with van der Waals surface area (Å²) in [5, 5.41) is 11.4. The molecule has 1 unspecified atom stereocenters. The Hall–Kier alpha value is -1.92. The molecule has 0 fully saturated rings. The molecule has 2 aromatic rings. The molecule has 0 spiro atoms. The highest BCUT2D eigenvalue weighted by Gasteiger charge is 2.17. The number of rotatable bonds is 5. The third-order valence-electron chi connectivity index (χ3n) is 2.67. The molecule has 0 aliphatic carbocycles. The summed E-state index contributed by atoms with van der Waals surface area (Å²) < 4.78 is 5.09. The van der Waals surface area contributed by atoms with Gasteiger partial charge in [-0.3, -0.25) is 4.79 Å². The van der Waals surface area contributed by atoms with Crippen LogP contribution >= 0.6 is 11.3 Å². The lowest BCUT2D eigenvalue weighted by Gasteiger charge is -2.02. The Morgan fingerprint density at radius 3 is 2.74 bits per heavy atom. The molecule has 1 heterocycles. The summed E-state index contributed by atoms with van der Waals surface area (Å²) in [6.45, 7) is 0. The van der Waals surface area contributed by atoms with Crippen molar-refractivity contribution in [1.29, 1.82) is 0 Å². The number of carbonyl (C=O) groups is 1. The summed E-state index contributed by atoms with van der Waals surface area (Å²) in [4.78, 5) is 15.0. The van der Waals surface area contributed by atoms with E-state index in [1.165, 1.54) is 11.3 Å². The van der Waals surface area contributed by atoms with Gasteiger partial charge in [-0.25, -0.2) is 4.98 Å². The van der Waals surface area contributed by atoms with Gasteiger partial charge in [0.15, 0.2) is 0 Å². The van der Waals surface area contributed by atoms with Crippen LogP contribution in [0.25, 0.3) is 0 Å². The van der Waals surface area contributed by atoms with Crippen molar-refractivity contribution in [3.63, 3.8) is 0 Å². The predicted molar refractivity (Wildman–Crippen MR) is 72.5 cm³/mol. The van der Waals surface area contributed by atoms with E-state index in [1.54, 1.807) is 12.5 Å². The Morgan fingerprint density at radius 2 is 2.16 bits per heavy atom. The highest BCUT2D eigenvalue weighted by atomic mass is 32.1. The molecule has 2 rings (SSSR count). The fraction of sp³-hybridized carbons (Fsp3) is 0.231. The third kappa shape index (κ3) is 3.30. The van der Waals surface area contributed by atoms with E-state index in [1.807, 2.05) is 24.3 Å². The van der Waals surface area contributed by atoms with Gasteiger partial charge in [-0.2, -0.15) is 0 Å². The van der Waals surface area contributed by atoms with Crippen LogP contribution in [0.4, 0.5) is 0 Å². The number of methoxy groups -OCH3 is 1. The van der Waals surface area contributed by atoms with E-state index in [-0.39, 0.29) is 0 Å². The smallest absolute Gasteiger partial charge is 0.326 e. The molecule has 0 saturated heterocycles. The van der Waals surface area contributed by atoms with Crippen molar-refractivity contribution in [2.24, 2.45) is 5.73 Å². The van der Waals surface area contributed by atoms with Gasteiger partial charge >= 0.3 is 5.97 Å². The molecule has 1 aromatic carbocycles. The second-order valence-electron chi connectivity index (χ2n) is 4.01. The van der Waals surface area contributed by atoms with E-state index in [0.717, 1.165) is 16.3 Å². The molecule has 100 valence electrons. The maximum Gasteiger partial charge on any atom is 0.326 e. The number of nitrogens with two attached hydrogens (primary N) is 1. The zero-order valence-corrected chi connectivity index (χ0v) is 11.2. The number of ether oxygens (including phenoxy) is 1. The summed E-state index contributed by atoms with van der Waals surface area (Å²) in [6, 6.07) is 6.62. The van der Waals surface area contributed by atoms with Gasteiger partial charge in [0.25, 0.3) is 0 Å². The Bertz CT molecular complexity index is 566. The normalized spacial score (nSPS) is 12.1. The van der Waals surface area contributed by atoms with Crippen LogP contribution in [-0.2, 0) is 11.2 Å². The van der Waals surface area contributed by atoms with Crippen molar-refractivity contribution < 1.29 is 14.6 Å². The molecule has 0 aliphatic rings. The Balaban J connectivity index is 2.08. The van der Waals surface area contributed by atoms with Crippen molar-refractivity contribution in [3.05, 3.63) is 45.9 Å². The number of aromatic nitrogens is 1. The van der Waals surface area contributed by atoms with Gasteiger partial charge in [0.05, 0.1) is 17.8 Å². The lowest BCUT2D eigenvalue weighted by atomic mass is 10.1. The van der Waals surface area contributed by atoms with Crippen LogP contribution in [0.2, 0.25) is 0 Å². The van der Waals surface area contributed by atoms with E-state index >= 15 is 0 Å². The number of carboxylic acids is 1. The first-order chi connectivity index (χ1) is 9.10. The first-order valence-corrected chi connectivity index (χ1v) is 6.53. The van der Waals surface area contributed by atoms with E-state index in [2.05, 4.69) is 4.98 Å². The molecule has 0 saturated carbocycles. The minimum Gasteiger partial charge on any atom is -0.497 e. The van der Waals surface area contributed by atoms with Gasteiger partial charge in [0.2, 0.25) is 0 Å². The average Bonchev–Trinajstić information content (AvgIpc) is 2.87. The van der Waals surface area contributed by atoms with E-state index < -0.39 is 12.0 Å². The van der Waals surface area contributed by atoms with Crippen LogP contribution in [-0.4, -0.2) is 23.2 Å². The number of aliphatic carboxylic acids is 1. The lowest BCUT2D eigenvalue weighted by Crippen LogP contribution is -2.20. The largest absolute Gasteiger partial charge is 0.497 e. The fourth-order valence-corrected chi connectivity index (χ4v) is 2.46. The molecule has 0 aliphatic heterocycles. The lowest BCUT2D eigenvalue weighted by molar-refractivity contribution is -0.138. The number of carboxylic acid groups (broad SMARTS) is 1. The van der Waals surface area contributed by atoms with Gasteiger partial charge < -0.3 is 15.6 Å². The number of nitrogens with zero attached hydrogens (tertiary/aromatic N) is 1. The number of hydrogen-bond donors (Lipinski definition) is 2. The summed E-state index contributed by atoms with van der Waals surface area (Å²) in [6.07, 6.45) is 0.654. The molecule has 1 aromatic heterocycles. The minimum atomic E-state index is -1.07. The summed E-state index contributed by atoms with van der Waals surface area (Å²) in [5.41, 5.74) is 7.00. The van der Waals surface area contributed by atoms with Crippen LogP contribution in [0.1, 0.15) is 22.3 Å². The van der Waals surface area contributed by atoms with Gasteiger partial charge in [0.1, 0.15) is 11.8 Å². The summed E-state index contributed by atoms with van der Waals surface area (Å²) >= 11 is 1.41. The first kappa shape index (κ1) is 13.5. The predicted octanol–water partition coefficient (Wildman–Crippen LogP) is 1.83. The minimum absolute atomic E-state index is 0.404. The Kier molecular flexibility index (Phi) is 4.13. The van der Waals surface area contributed by atoms with E-state index in [4.69, 9.17) is 15.6 Å². The summed E-state index contributed by atoms with van der Waals surface area (Å²) in [5.74, 6) is -0.266. The monoisotopic (exact) mass is 278 g/mol. The molecule has 1 atom stereocenters. The molecule has 6 heteroatoms. The Labute approximate surface area is 114 Å². The molecule has 0 amide bonds. The van der Waals surface area contributed by atoms with Crippen LogP contribution in [0.15, 0.2) is 29.6 Å². The second-order valence-corrected chi connectivity index (χ2v) is 4.95. The first-order valence-electron chi connectivity index (χ1n) is 5.65. The summed E-state index contributed by atoms with van der Waals surface area (Å²) in [7, 11) is 1.62. The third-order valence-corrected chi connectivity index (χ3v) is 3.54. The van der Waals surface area contributed by atoms with Gasteiger partial charge in [-0.1, -0.05) is 12.1 Å². The van der Waals surface area contributed by atoms with Crippen molar-refractivity contribution in [1.82, 2.24) is 4.98 Å². The molecular formula is C13H14N2O3S. The SMILES string of the molecule is COc1ccc(Cc2nc(C(N)C(=O)O)cs2)cc1. The zero-order chi connectivity index (χ0) is 13.8. The molecule has 3 N–H and O–H groups in total. The van der Waals surface area contributed by atoms with Gasteiger partial charge in [-0.05, 0) is 17.7 Å². The van der Waals surface area contributed by atoms with Crippen LogP contribution in [0, 0.1) is 0 Å². The number of benzene rings is 1. The molecule has 19 heavy (non-hydrogen) atoms. The van der Waals surface area contributed by atoms with Crippen molar-refractivity contribution >= 4 is 17.3 Å². The maximum absolute atomic E-state index is 10.8. The van der Waals surface area contributed by atoms with Crippen molar-refractivity contribution in [2.75, 3.05) is 7.11 Å². The van der Waals surface area contributed by atoms with E-state index in [9.17, 15) is 4.79 Å². The molecule has 0 bridgehead atoms. The molecular weight excluding hydrogens is 264 g/mol. The average molecular weight is 278 g/mol. The van der Waals surface area contributed by atoms with E-state index in [0.29, 0.717) is 12.1 Å². The highest BCUT2D eigenvalue weighted by molar-refractivity contribution is 7.09. The van der Waals surface area contributed by atoms with Crippen LogP contribution in [0.5, 0.6) is 5.75 Å². The van der Waals surface area contributed by atoms with Crippen molar-refractivity contribution in [3.8, 4) is 5.75 Å². The molecule has 5 nitrogen and oxygen atoms in total. The van der Waals surface area contributed by atoms with Crippen molar-refractivity contribution in [2.45, 2.75) is 12.5 Å². The molecule has 0 radical (unpaired) electrons. The van der Waals surface area contributed by atoms with Gasteiger partial charge in [-0.15, -0.1) is 11.3 Å². The van der Waals surface area contributed by atoms with Crippen LogP contribution < -0.4 is 10.5 Å². The number of thiazole rings is 1. The quantitative estimate of drug-likeness (QED) is 0.871. The van der Waals surface area contributed by atoms with Crippen LogP contribution in [0.3, 0.4) is 0 Å². The number of hydrogen-bond acceptors (Lipinski definition) is 5. The highest BCUT2D eigenvalue weighted by Crippen LogP contribution is 2.20.